The van der Waals surface area contributed by atoms with Crippen molar-refractivity contribution in [3.63, 3.8) is 0 Å². The monoisotopic (exact) mass is 319 g/mol. The largest absolute Gasteiger partial charge is 0.441 e. The first kappa shape index (κ1) is 14.1. The maximum Gasteiger partial charge on any atom is 0.226 e. The van der Waals surface area contributed by atoms with Crippen molar-refractivity contribution in [1.82, 2.24) is 9.97 Å². The predicted molar refractivity (Wildman–Crippen MR) is 85.9 cm³/mol. The molecule has 0 atom stereocenters. The molecule has 0 aliphatic heterocycles. The molecule has 0 unspecified atom stereocenters. The molecule has 0 aliphatic rings. The van der Waals surface area contributed by atoms with Gasteiger partial charge in [-0.15, -0.1) is 11.3 Å². The summed E-state index contributed by atoms with van der Waals surface area (Å²) in [7, 11) is 0. The van der Waals surface area contributed by atoms with Crippen LogP contribution in [0.3, 0.4) is 0 Å². The molecule has 108 valence electrons. The molecule has 0 spiro atoms. The number of thiazole rings is 1. The molecule has 0 aliphatic carbocycles. The first-order valence-electron chi connectivity index (χ1n) is 6.50. The van der Waals surface area contributed by atoms with Crippen LogP contribution in [0.5, 0.6) is 0 Å². The molecule has 2 aromatic heterocycles. The van der Waals surface area contributed by atoms with Gasteiger partial charge in [-0.1, -0.05) is 11.6 Å². The van der Waals surface area contributed by atoms with Gasteiger partial charge < -0.3 is 9.73 Å². The summed E-state index contributed by atoms with van der Waals surface area (Å²) in [6, 6.07) is 8.00. The smallest absolute Gasteiger partial charge is 0.226 e. The van der Waals surface area contributed by atoms with Crippen molar-refractivity contribution in [1.29, 1.82) is 0 Å². The number of aromatic nitrogens is 2. The fraction of sp³-hybridized carbons (Fsp3) is 0.200. The molecule has 0 amide bonds. The van der Waals surface area contributed by atoms with Crippen molar-refractivity contribution in [3.05, 3.63) is 51.3 Å². The quantitative estimate of drug-likeness (QED) is 0.758. The van der Waals surface area contributed by atoms with Gasteiger partial charge in [-0.05, 0) is 38.1 Å². The van der Waals surface area contributed by atoms with E-state index in [-0.39, 0.29) is 0 Å². The molecule has 6 heteroatoms. The Morgan fingerprint density at radius 2 is 2.00 bits per heavy atom. The van der Waals surface area contributed by atoms with Gasteiger partial charge in [0.05, 0.1) is 12.2 Å². The summed E-state index contributed by atoms with van der Waals surface area (Å²) in [4.78, 5) is 9.51. The lowest BCUT2D eigenvalue weighted by molar-refractivity contribution is 0.541. The van der Waals surface area contributed by atoms with Crippen LogP contribution >= 0.6 is 22.9 Å². The second-order valence-electron chi connectivity index (χ2n) is 4.67. The first-order chi connectivity index (χ1) is 10.1. The van der Waals surface area contributed by atoms with Gasteiger partial charge in [-0.2, -0.15) is 0 Å². The summed E-state index contributed by atoms with van der Waals surface area (Å²) in [5, 5.41) is 3.33. The molecule has 0 saturated carbocycles. The van der Waals surface area contributed by atoms with Crippen LogP contribution in [0.25, 0.3) is 11.5 Å². The summed E-state index contributed by atoms with van der Waals surface area (Å²) < 4.78 is 6.19. The van der Waals surface area contributed by atoms with Gasteiger partial charge >= 0.3 is 0 Å². The molecule has 2 heterocycles. The van der Waals surface area contributed by atoms with Crippen molar-refractivity contribution < 1.29 is 4.42 Å². The molecular weight excluding hydrogens is 306 g/mol. The zero-order valence-electron chi connectivity index (χ0n) is 11.7. The Labute approximate surface area is 131 Å². The van der Waals surface area contributed by atoms with Crippen LogP contribution in [0, 0.1) is 13.8 Å². The number of oxazole rings is 1. The summed E-state index contributed by atoms with van der Waals surface area (Å²) in [5.74, 6) is 1.51. The fourth-order valence-corrected chi connectivity index (χ4v) is 2.80. The summed E-state index contributed by atoms with van der Waals surface area (Å²) in [5.41, 5.74) is 2.93. The zero-order valence-corrected chi connectivity index (χ0v) is 13.3. The number of rotatable bonds is 4. The number of nitrogens with zero attached hydrogens (tertiary/aromatic N) is 2. The number of aryl methyl sites for hydroxylation is 2. The SMILES string of the molecule is Cc1nc(-c2ccc(NCc3cnc(Cl)s3)cc2)oc1C. The lowest BCUT2D eigenvalue weighted by Crippen LogP contribution is -1.96. The number of hydrogen-bond donors (Lipinski definition) is 1. The third-order valence-corrected chi connectivity index (χ3v) is 4.27. The lowest BCUT2D eigenvalue weighted by atomic mass is 10.2. The minimum atomic E-state index is 0.566. The van der Waals surface area contributed by atoms with E-state index in [4.69, 9.17) is 16.0 Å². The molecule has 3 rings (SSSR count). The van der Waals surface area contributed by atoms with Gasteiger partial charge in [0, 0.05) is 22.3 Å². The second kappa shape index (κ2) is 5.87. The molecule has 3 aromatic rings. The number of halogens is 1. The van der Waals surface area contributed by atoms with E-state index in [9.17, 15) is 0 Å². The van der Waals surface area contributed by atoms with Crippen molar-refractivity contribution >= 4 is 28.6 Å². The van der Waals surface area contributed by atoms with E-state index in [2.05, 4.69) is 15.3 Å². The van der Waals surface area contributed by atoms with Crippen molar-refractivity contribution in [2.75, 3.05) is 5.32 Å². The molecule has 0 fully saturated rings. The Kier molecular flexibility index (Phi) is 3.94. The average Bonchev–Trinajstić information content (AvgIpc) is 3.04. The van der Waals surface area contributed by atoms with Crippen molar-refractivity contribution in [2.24, 2.45) is 0 Å². The molecule has 0 saturated heterocycles. The van der Waals surface area contributed by atoms with Gasteiger partial charge in [0.2, 0.25) is 5.89 Å². The average molecular weight is 320 g/mol. The topological polar surface area (TPSA) is 51.0 Å². The highest BCUT2D eigenvalue weighted by Gasteiger charge is 2.08. The summed E-state index contributed by atoms with van der Waals surface area (Å²) >= 11 is 7.29. The normalized spacial score (nSPS) is 10.8. The Morgan fingerprint density at radius 3 is 2.57 bits per heavy atom. The molecule has 1 aromatic carbocycles. The predicted octanol–water partition coefficient (Wildman–Crippen LogP) is 4.68. The van der Waals surface area contributed by atoms with Crippen LogP contribution in [0.15, 0.2) is 34.9 Å². The third-order valence-electron chi connectivity index (χ3n) is 3.15. The van der Waals surface area contributed by atoms with E-state index < -0.39 is 0 Å². The van der Waals surface area contributed by atoms with Gasteiger partial charge in [-0.25, -0.2) is 9.97 Å². The maximum atomic E-state index is 5.81. The highest BCUT2D eigenvalue weighted by molar-refractivity contribution is 7.15. The molecular formula is C15H14ClN3OS. The molecule has 0 bridgehead atoms. The van der Waals surface area contributed by atoms with E-state index in [1.807, 2.05) is 38.1 Å². The number of anilines is 1. The van der Waals surface area contributed by atoms with Crippen LogP contribution in [-0.4, -0.2) is 9.97 Å². The van der Waals surface area contributed by atoms with Crippen LogP contribution in [0.4, 0.5) is 5.69 Å². The van der Waals surface area contributed by atoms with E-state index >= 15 is 0 Å². The van der Waals surface area contributed by atoms with E-state index in [0.29, 0.717) is 16.9 Å². The van der Waals surface area contributed by atoms with Crippen LogP contribution in [0.1, 0.15) is 16.3 Å². The summed E-state index contributed by atoms with van der Waals surface area (Å²) in [6.45, 7) is 4.57. The minimum absolute atomic E-state index is 0.566. The summed E-state index contributed by atoms with van der Waals surface area (Å²) in [6.07, 6.45) is 1.78. The van der Waals surface area contributed by atoms with Crippen LogP contribution in [-0.2, 0) is 6.54 Å². The Bertz CT molecular complexity index is 729. The zero-order chi connectivity index (χ0) is 14.8. The van der Waals surface area contributed by atoms with E-state index in [0.717, 1.165) is 27.6 Å². The third kappa shape index (κ3) is 3.25. The van der Waals surface area contributed by atoms with Gasteiger partial charge in [0.1, 0.15) is 5.76 Å². The fourth-order valence-electron chi connectivity index (χ4n) is 1.88. The van der Waals surface area contributed by atoms with Crippen molar-refractivity contribution in [3.8, 4) is 11.5 Å². The maximum absolute atomic E-state index is 5.81. The molecule has 0 radical (unpaired) electrons. The van der Waals surface area contributed by atoms with Crippen LogP contribution < -0.4 is 5.32 Å². The van der Waals surface area contributed by atoms with Crippen molar-refractivity contribution in [2.45, 2.75) is 20.4 Å². The lowest BCUT2D eigenvalue weighted by Gasteiger charge is -2.04. The number of benzene rings is 1. The standard InChI is InChI=1S/C15H14ClN3OS/c1-9-10(2)20-14(19-9)11-3-5-12(6-4-11)17-7-13-8-18-15(16)21-13/h3-6,8,17H,7H2,1-2H3. The van der Waals surface area contributed by atoms with Gasteiger partial charge in [0.15, 0.2) is 4.47 Å². The second-order valence-corrected chi connectivity index (χ2v) is 6.37. The molecule has 21 heavy (non-hydrogen) atoms. The minimum Gasteiger partial charge on any atom is -0.441 e. The number of nitrogens with one attached hydrogen (secondary N) is 1. The molecule has 4 nitrogen and oxygen atoms in total. The Hall–Kier alpha value is -1.85. The Balaban J connectivity index is 1.69. The van der Waals surface area contributed by atoms with Crippen LogP contribution in [0.2, 0.25) is 4.47 Å². The number of hydrogen-bond acceptors (Lipinski definition) is 5. The highest BCUT2D eigenvalue weighted by atomic mass is 35.5. The molecule has 1 N–H and O–H groups in total. The highest BCUT2D eigenvalue weighted by Crippen LogP contribution is 2.24. The van der Waals surface area contributed by atoms with Gasteiger partial charge in [0.25, 0.3) is 0 Å². The first-order valence-corrected chi connectivity index (χ1v) is 7.70. The van der Waals surface area contributed by atoms with E-state index in [1.165, 1.54) is 11.3 Å². The van der Waals surface area contributed by atoms with E-state index in [1.54, 1.807) is 6.20 Å². The van der Waals surface area contributed by atoms with Gasteiger partial charge in [-0.3, -0.25) is 0 Å². The Morgan fingerprint density at radius 1 is 1.24 bits per heavy atom.